The van der Waals surface area contributed by atoms with Crippen molar-refractivity contribution >= 4 is 5.65 Å². The second-order valence-corrected chi connectivity index (χ2v) is 4.32. The van der Waals surface area contributed by atoms with Gasteiger partial charge in [0, 0.05) is 18.7 Å². The van der Waals surface area contributed by atoms with Crippen molar-refractivity contribution in [1.82, 2.24) is 24.9 Å². The Labute approximate surface area is 93.9 Å². The lowest BCUT2D eigenvalue weighted by Crippen LogP contribution is -2.29. The first-order valence-corrected chi connectivity index (χ1v) is 5.78. The maximum absolute atomic E-state index is 4.24. The summed E-state index contributed by atoms with van der Waals surface area (Å²) in [5.74, 6) is 1.77. The molecule has 0 atom stereocenters. The minimum Gasteiger partial charge on any atom is -0.317 e. The van der Waals surface area contributed by atoms with Gasteiger partial charge in [0.05, 0.1) is 0 Å². The molecule has 3 rings (SSSR count). The van der Waals surface area contributed by atoms with E-state index >= 15 is 0 Å². The van der Waals surface area contributed by atoms with Gasteiger partial charge in [0.1, 0.15) is 12.2 Å². The van der Waals surface area contributed by atoms with Gasteiger partial charge in [-0.3, -0.25) is 4.40 Å². The Morgan fingerprint density at radius 2 is 2.19 bits per heavy atom. The lowest BCUT2D eigenvalue weighted by atomic mass is 9.94. The molecule has 0 unspecified atom stereocenters. The van der Waals surface area contributed by atoms with Crippen LogP contribution in [0.4, 0.5) is 0 Å². The molecule has 84 valence electrons. The van der Waals surface area contributed by atoms with Crippen LogP contribution in [0.3, 0.4) is 0 Å². The van der Waals surface area contributed by atoms with E-state index in [9.17, 15) is 0 Å². The fourth-order valence-corrected chi connectivity index (χ4v) is 2.28. The second-order valence-electron chi connectivity index (χ2n) is 4.32. The number of aromatic nitrogens is 4. The maximum Gasteiger partial charge on any atom is 0.163 e. The van der Waals surface area contributed by atoms with Crippen LogP contribution in [0.5, 0.6) is 0 Å². The quantitative estimate of drug-likeness (QED) is 0.803. The Bertz CT molecular complexity index is 472. The lowest BCUT2D eigenvalue weighted by molar-refractivity contribution is 0.366. The van der Waals surface area contributed by atoms with Crippen LogP contribution in [0.2, 0.25) is 0 Å². The first-order valence-electron chi connectivity index (χ1n) is 5.78. The summed E-state index contributed by atoms with van der Waals surface area (Å²) < 4.78 is 1.99. The molecular formula is C11H15N5. The van der Waals surface area contributed by atoms with E-state index in [-0.39, 0.29) is 0 Å². The summed E-state index contributed by atoms with van der Waals surface area (Å²) >= 11 is 0. The van der Waals surface area contributed by atoms with E-state index in [0.717, 1.165) is 36.9 Å². The summed E-state index contributed by atoms with van der Waals surface area (Å²) in [5, 5.41) is 11.8. The van der Waals surface area contributed by atoms with Crippen molar-refractivity contribution in [3.63, 3.8) is 0 Å². The average Bonchev–Trinajstić information content (AvgIpc) is 2.74. The van der Waals surface area contributed by atoms with Crippen LogP contribution in [0.25, 0.3) is 5.65 Å². The molecule has 0 spiro atoms. The Kier molecular flexibility index (Phi) is 2.53. The van der Waals surface area contributed by atoms with Gasteiger partial charge >= 0.3 is 0 Å². The summed E-state index contributed by atoms with van der Waals surface area (Å²) in [5.41, 5.74) is 0.888. The Hall–Kier alpha value is -1.49. The Morgan fingerprint density at radius 1 is 1.31 bits per heavy atom. The highest BCUT2D eigenvalue weighted by Gasteiger charge is 2.16. The molecule has 1 aliphatic heterocycles. The standard InChI is InChI=1S/C11H15N5/c1-4-12-5-2-9(1)7-11-15-14-10-3-6-13-8-16(10)11/h3,6,8-9,12H,1-2,4-5,7H2. The molecule has 2 aromatic heterocycles. The van der Waals surface area contributed by atoms with Crippen LogP contribution in [0.15, 0.2) is 18.6 Å². The van der Waals surface area contributed by atoms with E-state index in [1.165, 1.54) is 12.8 Å². The van der Waals surface area contributed by atoms with Gasteiger partial charge < -0.3 is 5.32 Å². The topological polar surface area (TPSA) is 55.1 Å². The first kappa shape index (κ1) is 9.72. The van der Waals surface area contributed by atoms with Crippen molar-refractivity contribution in [3.05, 3.63) is 24.4 Å². The zero-order chi connectivity index (χ0) is 10.8. The smallest absolute Gasteiger partial charge is 0.163 e. The SMILES string of the molecule is c1cc2nnc(CC3CCNCC3)n2cn1. The molecule has 2 aromatic rings. The fraction of sp³-hybridized carbons (Fsp3) is 0.545. The number of nitrogens with one attached hydrogen (secondary N) is 1. The number of hydrogen-bond acceptors (Lipinski definition) is 4. The average molecular weight is 217 g/mol. The third-order valence-corrected chi connectivity index (χ3v) is 3.21. The molecule has 1 saturated heterocycles. The van der Waals surface area contributed by atoms with Gasteiger partial charge in [-0.15, -0.1) is 10.2 Å². The molecule has 0 amide bonds. The highest BCUT2D eigenvalue weighted by molar-refractivity contribution is 5.35. The van der Waals surface area contributed by atoms with Gasteiger partial charge in [0.2, 0.25) is 0 Å². The largest absolute Gasteiger partial charge is 0.317 e. The van der Waals surface area contributed by atoms with Crippen molar-refractivity contribution in [2.45, 2.75) is 19.3 Å². The monoisotopic (exact) mass is 217 g/mol. The molecule has 5 nitrogen and oxygen atoms in total. The predicted octanol–water partition coefficient (Wildman–Crippen LogP) is 0.666. The molecule has 3 heterocycles. The third-order valence-electron chi connectivity index (χ3n) is 3.21. The van der Waals surface area contributed by atoms with Crippen LogP contribution in [0, 0.1) is 5.92 Å². The van der Waals surface area contributed by atoms with E-state index in [2.05, 4.69) is 20.5 Å². The van der Waals surface area contributed by atoms with Crippen LogP contribution < -0.4 is 5.32 Å². The van der Waals surface area contributed by atoms with Crippen LogP contribution in [-0.2, 0) is 6.42 Å². The zero-order valence-corrected chi connectivity index (χ0v) is 9.13. The summed E-state index contributed by atoms with van der Waals surface area (Å²) in [4.78, 5) is 4.11. The van der Waals surface area contributed by atoms with Gasteiger partial charge in [-0.2, -0.15) is 0 Å². The minimum absolute atomic E-state index is 0.730. The highest BCUT2D eigenvalue weighted by atomic mass is 15.3. The highest BCUT2D eigenvalue weighted by Crippen LogP contribution is 2.17. The molecule has 1 fully saturated rings. The molecule has 5 heteroatoms. The first-order chi connectivity index (χ1) is 7.93. The normalized spacial score (nSPS) is 18.0. The summed E-state index contributed by atoms with van der Waals surface area (Å²) in [6.45, 7) is 2.25. The maximum atomic E-state index is 4.24. The number of nitrogens with zero attached hydrogens (tertiary/aromatic N) is 4. The number of fused-ring (bicyclic) bond motifs is 1. The Balaban J connectivity index is 1.83. The van der Waals surface area contributed by atoms with Gasteiger partial charge in [0.15, 0.2) is 5.65 Å². The van der Waals surface area contributed by atoms with E-state index in [4.69, 9.17) is 0 Å². The van der Waals surface area contributed by atoms with Crippen LogP contribution in [-0.4, -0.2) is 32.7 Å². The number of hydrogen-bond donors (Lipinski definition) is 1. The molecule has 1 aliphatic rings. The van der Waals surface area contributed by atoms with E-state index in [1.54, 1.807) is 12.5 Å². The summed E-state index contributed by atoms with van der Waals surface area (Å²) in [7, 11) is 0. The molecule has 0 radical (unpaired) electrons. The molecule has 0 aliphatic carbocycles. The minimum atomic E-state index is 0.730. The molecule has 16 heavy (non-hydrogen) atoms. The van der Waals surface area contributed by atoms with Gasteiger partial charge in [0.25, 0.3) is 0 Å². The second kappa shape index (κ2) is 4.17. The van der Waals surface area contributed by atoms with Crippen molar-refractivity contribution < 1.29 is 0 Å². The van der Waals surface area contributed by atoms with Crippen molar-refractivity contribution in [1.29, 1.82) is 0 Å². The lowest BCUT2D eigenvalue weighted by Gasteiger charge is -2.21. The molecule has 0 aromatic carbocycles. The van der Waals surface area contributed by atoms with Crippen molar-refractivity contribution in [2.75, 3.05) is 13.1 Å². The van der Waals surface area contributed by atoms with Crippen molar-refractivity contribution in [2.24, 2.45) is 5.92 Å². The third kappa shape index (κ3) is 1.78. The van der Waals surface area contributed by atoms with E-state index < -0.39 is 0 Å². The molecule has 1 N–H and O–H groups in total. The van der Waals surface area contributed by atoms with Gasteiger partial charge in [-0.25, -0.2) is 4.98 Å². The van der Waals surface area contributed by atoms with Crippen LogP contribution in [0.1, 0.15) is 18.7 Å². The van der Waals surface area contributed by atoms with E-state index in [0.29, 0.717) is 0 Å². The number of piperidine rings is 1. The van der Waals surface area contributed by atoms with Gasteiger partial charge in [-0.05, 0) is 31.8 Å². The predicted molar refractivity (Wildman–Crippen MR) is 60.1 cm³/mol. The number of rotatable bonds is 2. The van der Waals surface area contributed by atoms with Crippen LogP contribution >= 0.6 is 0 Å². The Morgan fingerprint density at radius 3 is 3.06 bits per heavy atom. The molecule has 0 bridgehead atoms. The fourth-order valence-electron chi connectivity index (χ4n) is 2.28. The summed E-state index contributed by atoms with van der Waals surface area (Å²) in [6, 6.07) is 1.89. The van der Waals surface area contributed by atoms with Gasteiger partial charge in [-0.1, -0.05) is 0 Å². The van der Waals surface area contributed by atoms with Crippen molar-refractivity contribution in [3.8, 4) is 0 Å². The van der Waals surface area contributed by atoms with E-state index in [1.807, 2.05) is 10.5 Å². The summed E-state index contributed by atoms with van der Waals surface area (Å²) in [6.07, 6.45) is 7.02. The molecule has 0 saturated carbocycles. The molecular weight excluding hydrogens is 202 g/mol. The zero-order valence-electron chi connectivity index (χ0n) is 9.13.